The number of benzene rings is 2. The van der Waals surface area contributed by atoms with Crippen molar-refractivity contribution in [1.29, 1.82) is 0 Å². The maximum Gasteiger partial charge on any atom is 0.274 e. The van der Waals surface area contributed by atoms with E-state index in [2.05, 4.69) is 15.6 Å². The number of aromatic nitrogens is 1. The molecule has 0 radical (unpaired) electrons. The average Bonchev–Trinajstić information content (AvgIpc) is 2.61. The number of rotatable bonds is 4. The molecule has 126 valence electrons. The Balaban J connectivity index is 1.70. The molecule has 4 nitrogen and oxygen atoms in total. The molecule has 0 saturated carbocycles. The van der Waals surface area contributed by atoms with Crippen molar-refractivity contribution in [3.05, 3.63) is 83.1 Å². The normalized spacial score (nSPS) is 10.4. The van der Waals surface area contributed by atoms with Crippen molar-refractivity contribution in [2.75, 3.05) is 10.6 Å². The highest BCUT2D eigenvalue weighted by Crippen LogP contribution is 2.21. The van der Waals surface area contributed by atoms with E-state index < -0.39 is 17.5 Å². The van der Waals surface area contributed by atoms with Gasteiger partial charge >= 0.3 is 0 Å². The number of pyridine rings is 1. The molecule has 0 saturated heterocycles. The molecular weight excluding hydrogens is 348 g/mol. The monoisotopic (exact) mass is 359 g/mol. The first-order valence-electron chi connectivity index (χ1n) is 7.27. The van der Waals surface area contributed by atoms with E-state index in [-0.39, 0.29) is 10.7 Å². The number of nitrogens with zero attached hydrogens (tertiary/aromatic N) is 1. The first-order chi connectivity index (χ1) is 12.0. The molecule has 2 aromatic carbocycles. The molecule has 3 rings (SSSR count). The Hall–Kier alpha value is -2.99. The lowest BCUT2D eigenvalue weighted by atomic mass is 10.2. The minimum absolute atomic E-state index is 0.0878. The average molecular weight is 360 g/mol. The van der Waals surface area contributed by atoms with Crippen molar-refractivity contribution in [1.82, 2.24) is 4.98 Å². The van der Waals surface area contributed by atoms with E-state index in [1.165, 1.54) is 30.5 Å². The molecule has 0 spiro atoms. The van der Waals surface area contributed by atoms with Crippen LogP contribution in [0, 0.1) is 11.6 Å². The summed E-state index contributed by atoms with van der Waals surface area (Å²) in [6, 6.07) is 13.2. The first-order valence-corrected chi connectivity index (χ1v) is 7.65. The van der Waals surface area contributed by atoms with Gasteiger partial charge in [0.05, 0.1) is 22.6 Å². The molecule has 0 aliphatic heterocycles. The van der Waals surface area contributed by atoms with E-state index in [1.807, 2.05) is 0 Å². The fourth-order valence-corrected chi connectivity index (χ4v) is 2.27. The molecule has 2 N–H and O–H groups in total. The number of amides is 1. The molecular formula is C18H12ClF2N3O. The van der Waals surface area contributed by atoms with Crippen molar-refractivity contribution in [2.45, 2.75) is 0 Å². The lowest BCUT2D eigenvalue weighted by molar-refractivity contribution is 0.102. The predicted octanol–water partition coefficient (Wildman–Crippen LogP) is 5.01. The van der Waals surface area contributed by atoms with Crippen LogP contribution in [0.5, 0.6) is 0 Å². The second-order valence-corrected chi connectivity index (χ2v) is 5.53. The van der Waals surface area contributed by atoms with E-state index in [4.69, 9.17) is 11.6 Å². The topological polar surface area (TPSA) is 54.0 Å². The van der Waals surface area contributed by atoms with Gasteiger partial charge in [0.2, 0.25) is 0 Å². The van der Waals surface area contributed by atoms with Gasteiger partial charge in [0.15, 0.2) is 0 Å². The summed E-state index contributed by atoms with van der Waals surface area (Å²) in [5.74, 6) is -1.43. The first kappa shape index (κ1) is 16.9. The van der Waals surface area contributed by atoms with Gasteiger partial charge in [-0.3, -0.25) is 4.79 Å². The summed E-state index contributed by atoms with van der Waals surface area (Å²) in [4.78, 5) is 16.2. The summed E-state index contributed by atoms with van der Waals surface area (Å²) in [7, 11) is 0. The fourth-order valence-electron chi connectivity index (χ4n) is 2.09. The van der Waals surface area contributed by atoms with Gasteiger partial charge in [0.1, 0.15) is 17.3 Å². The number of para-hydroxylation sites is 1. The Bertz CT molecular complexity index is 916. The minimum atomic E-state index is -0.568. The number of carbonyl (C=O) groups is 1. The lowest BCUT2D eigenvalue weighted by Gasteiger charge is -2.08. The van der Waals surface area contributed by atoms with Gasteiger partial charge in [0, 0.05) is 5.69 Å². The van der Waals surface area contributed by atoms with Crippen LogP contribution in [-0.4, -0.2) is 10.9 Å². The zero-order valence-corrected chi connectivity index (χ0v) is 13.5. The van der Waals surface area contributed by atoms with Crippen LogP contribution in [0.1, 0.15) is 10.5 Å². The Labute approximate surface area is 147 Å². The third-order valence-corrected chi connectivity index (χ3v) is 3.62. The molecule has 3 aromatic rings. The van der Waals surface area contributed by atoms with Crippen molar-refractivity contribution in [3.63, 3.8) is 0 Å². The van der Waals surface area contributed by atoms with E-state index in [9.17, 15) is 13.6 Å². The van der Waals surface area contributed by atoms with E-state index in [0.29, 0.717) is 17.1 Å². The summed E-state index contributed by atoms with van der Waals surface area (Å²) >= 11 is 5.67. The van der Waals surface area contributed by atoms with Gasteiger partial charge in [-0.2, -0.15) is 0 Å². The van der Waals surface area contributed by atoms with Crippen molar-refractivity contribution < 1.29 is 13.6 Å². The third-order valence-electron chi connectivity index (χ3n) is 3.33. The highest BCUT2D eigenvalue weighted by Gasteiger charge is 2.10. The smallest absolute Gasteiger partial charge is 0.274 e. The zero-order valence-electron chi connectivity index (χ0n) is 12.8. The second kappa shape index (κ2) is 7.27. The Morgan fingerprint density at radius 3 is 2.40 bits per heavy atom. The number of carbonyl (C=O) groups excluding carboxylic acids is 1. The second-order valence-electron chi connectivity index (χ2n) is 5.12. The number of hydrogen-bond acceptors (Lipinski definition) is 3. The maximum absolute atomic E-state index is 13.6. The summed E-state index contributed by atoms with van der Waals surface area (Å²) in [5.41, 5.74) is 1.35. The molecule has 0 aliphatic carbocycles. The van der Waals surface area contributed by atoms with E-state index in [0.717, 1.165) is 6.07 Å². The van der Waals surface area contributed by atoms with Crippen LogP contribution >= 0.6 is 11.6 Å². The quantitative estimate of drug-likeness (QED) is 0.688. The van der Waals surface area contributed by atoms with Crippen LogP contribution in [0.4, 0.5) is 25.8 Å². The third kappa shape index (κ3) is 4.10. The van der Waals surface area contributed by atoms with E-state index >= 15 is 0 Å². The molecule has 0 aliphatic rings. The number of hydrogen-bond donors (Lipinski definition) is 2. The van der Waals surface area contributed by atoms with Crippen LogP contribution in [0.25, 0.3) is 0 Å². The van der Waals surface area contributed by atoms with Gasteiger partial charge in [-0.15, -0.1) is 0 Å². The standard InChI is InChI=1S/C18H12ClF2N3O/c19-13-9-11(5-7-14(13)20)24-18(25)17-8-6-12(10-22-17)23-16-4-2-1-3-15(16)21/h1-10,23H,(H,24,25). The van der Waals surface area contributed by atoms with Gasteiger partial charge < -0.3 is 10.6 Å². The fraction of sp³-hybridized carbons (Fsp3) is 0. The molecule has 0 bridgehead atoms. The van der Waals surface area contributed by atoms with Gasteiger partial charge in [-0.05, 0) is 42.5 Å². The maximum atomic E-state index is 13.6. The lowest BCUT2D eigenvalue weighted by Crippen LogP contribution is -2.13. The number of halogens is 3. The molecule has 1 aromatic heterocycles. The van der Waals surface area contributed by atoms with Crippen LogP contribution in [-0.2, 0) is 0 Å². The highest BCUT2D eigenvalue weighted by molar-refractivity contribution is 6.31. The molecule has 7 heteroatoms. The van der Waals surface area contributed by atoms with E-state index in [1.54, 1.807) is 24.3 Å². The summed E-state index contributed by atoms with van der Waals surface area (Å²) in [5, 5.41) is 5.36. The highest BCUT2D eigenvalue weighted by atomic mass is 35.5. The molecule has 0 atom stereocenters. The number of anilines is 3. The van der Waals surface area contributed by atoms with Crippen molar-refractivity contribution >= 4 is 34.6 Å². The Morgan fingerprint density at radius 1 is 0.960 bits per heavy atom. The molecule has 0 unspecified atom stereocenters. The molecule has 0 fully saturated rings. The van der Waals surface area contributed by atoms with Gasteiger partial charge in [-0.1, -0.05) is 23.7 Å². The van der Waals surface area contributed by atoms with Crippen molar-refractivity contribution in [2.24, 2.45) is 0 Å². The molecule has 1 heterocycles. The largest absolute Gasteiger partial charge is 0.352 e. The summed E-state index contributed by atoms with van der Waals surface area (Å²) in [6.07, 6.45) is 1.42. The Kier molecular flexibility index (Phi) is 4.90. The SMILES string of the molecule is O=C(Nc1ccc(F)c(Cl)c1)c1ccc(Nc2ccccc2F)cn1. The number of nitrogens with one attached hydrogen (secondary N) is 2. The predicted molar refractivity (Wildman–Crippen MR) is 93.3 cm³/mol. The van der Waals surface area contributed by atoms with Crippen LogP contribution < -0.4 is 10.6 Å². The van der Waals surface area contributed by atoms with Gasteiger partial charge in [-0.25, -0.2) is 13.8 Å². The van der Waals surface area contributed by atoms with Crippen LogP contribution in [0.2, 0.25) is 5.02 Å². The molecule has 25 heavy (non-hydrogen) atoms. The van der Waals surface area contributed by atoms with Gasteiger partial charge in [0.25, 0.3) is 5.91 Å². The van der Waals surface area contributed by atoms with Crippen LogP contribution in [0.15, 0.2) is 60.8 Å². The summed E-state index contributed by atoms with van der Waals surface area (Å²) in [6.45, 7) is 0. The van der Waals surface area contributed by atoms with Crippen molar-refractivity contribution in [3.8, 4) is 0 Å². The Morgan fingerprint density at radius 2 is 1.72 bits per heavy atom. The molecule has 1 amide bonds. The van der Waals surface area contributed by atoms with Crippen LogP contribution in [0.3, 0.4) is 0 Å². The zero-order chi connectivity index (χ0) is 17.8. The minimum Gasteiger partial charge on any atom is -0.352 e. The summed E-state index contributed by atoms with van der Waals surface area (Å²) < 4.78 is 26.7.